The van der Waals surface area contributed by atoms with Gasteiger partial charge in [0.15, 0.2) is 0 Å². The van der Waals surface area contributed by atoms with E-state index in [2.05, 4.69) is 24.1 Å². The summed E-state index contributed by atoms with van der Waals surface area (Å²) in [5.41, 5.74) is 1.03. The normalized spacial score (nSPS) is 10.9. The van der Waals surface area contributed by atoms with Crippen molar-refractivity contribution in [2.75, 3.05) is 31.5 Å². The first-order chi connectivity index (χ1) is 8.67. The summed E-state index contributed by atoms with van der Waals surface area (Å²) in [6.45, 7) is 8.75. The van der Waals surface area contributed by atoms with Crippen LogP contribution in [-0.2, 0) is 0 Å². The summed E-state index contributed by atoms with van der Waals surface area (Å²) in [6.07, 6.45) is 2.40. The largest absolute Gasteiger partial charge is 0.384 e. The van der Waals surface area contributed by atoms with Gasteiger partial charge in [0.05, 0.1) is 10.0 Å². The fourth-order valence-corrected chi connectivity index (χ4v) is 2.23. The fourth-order valence-electron chi connectivity index (χ4n) is 1.93. The molecule has 1 N–H and O–H groups in total. The Bertz CT molecular complexity index is 350. The van der Waals surface area contributed by atoms with E-state index in [1.54, 1.807) is 0 Å². The molecule has 1 rings (SSSR count). The quantitative estimate of drug-likeness (QED) is 0.756. The number of benzene rings is 1. The maximum absolute atomic E-state index is 5.97. The van der Waals surface area contributed by atoms with Crippen LogP contribution < -0.4 is 5.32 Å². The Labute approximate surface area is 120 Å². The van der Waals surface area contributed by atoms with Crippen LogP contribution in [0, 0.1) is 0 Å². The van der Waals surface area contributed by atoms with E-state index in [0.29, 0.717) is 10.0 Å². The van der Waals surface area contributed by atoms with E-state index < -0.39 is 0 Å². The number of hydrogen-bond donors (Lipinski definition) is 1. The van der Waals surface area contributed by atoms with Crippen molar-refractivity contribution in [2.45, 2.75) is 26.7 Å². The highest BCUT2D eigenvalue weighted by molar-refractivity contribution is 6.42. The molecule has 1 aromatic carbocycles. The van der Waals surface area contributed by atoms with E-state index in [1.807, 2.05) is 18.2 Å². The third-order valence-electron chi connectivity index (χ3n) is 2.76. The predicted molar refractivity (Wildman–Crippen MR) is 82.0 cm³/mol. The molecule has 0 unspecified atom stereocenters. The van der Waals surface area contributed by atoms with E-state index in [1.165, 1.54) is 12.8 Å². The van der Waals surface area contributed by atoms with Gasteiger partial charge >= 0.3 is 0 Å². The summed E-state index contributed by atoms with van der Waals surface area (Å²) in [5.74, 6) is 0. The lowest BCUT2D eigenvalue weighted by Crippen LogP contribution is -2.30. The maximum Gasteiger partial charge on any atom is 0.0612 e. The Morgan fingerprint density at radius 3 is 2.22 bits per heavy atom. The predicted octanol–water partition coefficient (Wildman–Crippen LogP) is 4.53. The third-order valence-corrected chi connectivity index (χ3v) is 3.50. The van der Waals surface area contributed by atoms with E-state index >= 15 is 0 Å². The topological polar surface area (TPSA) is 15.3 Å². The van der Waals surface area contributed by atoms with Crippen LogP contribution in [0.2, 0.25) is 10.0 Å². The van der Waals surface area contributed by atoms with E-state index in [4.69, 9.17) is 23.2 Å². The van der Waals surface area contributed by atoms with E-state index in [0.717, 1.165) is 31.9 Å². The van der Waals surface area contributed by atoms with Gasteiger partial charge in [-0.15, -0.1) is 0 Å². The monoisotopic (exact) mass is 288 g/mol. The van der Waals surface area contributed by atoms with Crippen LogP contribution in [0.5, 0.6) is 0 Å². The molecule has 0 bridgehead atoms. The molecule has 0 aromatic heterocycles. The summed E-state index contributed by atoms with van der Waals surface area (Å²) < 4.78 is 0. The van der Waals surface area contributed by atoms with Crippen LogP contribution in [0.15, 0.2) is 18.2 Å². The molecule has 0 saturated heterocycles. The van der Waals surface area contributed by atoms with Gasteiger partial charge in [0.2, 0.25) is 0 Å². The Kier molecular flexibility index (Phi) is 7.48. The number of rotatable bonds is 8. The summed E-state index contributed by atoms with van der Waals surface area (Å²) in [7, 11) is 0. The average Bonchev–Trinajstić information content (AvgIpc) is 2.34. The SMILES string of the molecule is CCCN(CCC)CCNc1ccc(Cl)c(Cl)c1. The molecule has 0 aliphatic carbocycles. The Balaban J connectivity index is 2.37. The second-order valence-corrected chi connectivity index (χ2v) is 5.21. The standard InChI is InChI=1S/C14H22Cl2N2/c1-3-8-18(9-4-2)10-7-17-12-5-6-13(15)14(16)11-12/h5-6,11,17H,3-4,7-10H2,1-2H3. The molecule has 2 nitrogen and oxygen atoms in total. The molecule has 1 aromatic rings. The van der Waals surface area contributed by atoms with Crippen LogP contribution in [0.4, 0.5) is 5.69 Å². The van der Waals surface area contributed by atoms with E-state index in [-0.39, 0.29) is 0 Å². The molecule has 0 atom stereocenters. The van der Waals surface area contributed by atoms with Gasteiger partial charge in [-0.2, -0.15) is 0 Å². The average molecular weight is 289 g/mol. The smallest absolute Gasteiger partial charge is 0.0612 e. The molecule has 0 aliphatic heterocycles. The lowest BCUT2D eigenvalue weighted by Gasteiger charge is -2.21. The molecule has 102 valence electrons. The van der Waals surface area contributed by atoms with Crippen molar-refractivity contribution in [3.8, 4) is 0 Å². The summed E-state index contributed by atoms with van der Waals surface area (Å²) in [5, 5.41) is 4.57. The fraction of sp³-hybridized carbons (Fsp3) is 0.571. The van der Waals surface area contributed by atoms with Crippen molar-refractivity contribution < 1.29 is 0 Å². The van der Waals surface area contributed by atoms with Crippen molar-refractivity contribution in [1.82, 2.24) is 4.90 Å². The molecule has 0 fully saturated rings. The number of anilines is 1. The van der Waals surface area contributed by atoms with Crippen molar-refractivity contribution in [3.63, 3.8) is 0 Å². The van der Waals surface area contributed by atoms with Crippen LogP contribution in [0.25, 0.3) is 0 Å². The highest BCUT2D eigenvalue weighted by Crippen LogP contribution is 2.24. The maximum atomic E-state index is 5.97. The van der Waals surface area contributed by atoms with Crippen LogP contribution >= 0.6 is 23.2 Å². The second-order valence-electron chi connectivity index (χ2n) is 4.40. The number of nitrogens with zero attached hydrogens (tertiary/aromatic N) is 1. The molecular formula is C14H22Cl2N2. The molecule has 0 radical (unpaired) electrons. The lowest BCUT2D eigenvalue weighted by atomic mass is 10.3. The van der Waals surface area contributed by atoms with Gasteiger partial charge in [0.25, 0.3) is 0 Å². The zero-order chi connectivity index (χ0) is 13.4. The van der Waals surface area contributed by atoms with Crippen molar-refractivity contribution >= 4 is 28.9 Å². The van der Waals surface area contributed by atoms with E-state index in [9.17, 15) is 0 Å². The first-order valence-electron chi connectivity index (χ1n) is 6.58. The Hall–Kier alpha value is -0.440. The first kappa shape index (κ1) is 15.6. The molecule has 0 saturated carbocycles. The minimum absolute atomic E-state index is 0.598. The summed E-state index contributed by atoms with van der Waals surface area (Å²) >= 11 is 11.9. The molecule has 0 amide bonds. The first-order valence-corrected chi connectivity index (χ1v) is 7.34. The highest BCUT2D eigenvalue weighted by atomic mass is 35.5. The van der Waals surface area contributed by atoms with Crippen molar-refractivity contribution in [2.24, 2.45) is 0 Å². The molecule has 4 heteroatoms. The van der Waals surface area contributed by atoms with Gasteiger partial charge in [-0.3, -0.25) is 0 Å². The zero-order valence-electron chi connectivity index (χ0n) is 11.2. The zero-order valence-corrected chi connectivity index (χ0v) is 12.7. The van der Waals surface area contributed by atoms with Gasteiger partial charge in [0, 0.05) is 18.8 Å². The van der Waals surface area contributed by atoms with Crippen molar-refractivity contribution in [3.05, 3.63) is 28.2 Å². The van der Waals surface area contributed by atoms with Crippen LogP contribution in [0.3, 0.4) is 0 Å². The Morgan fingerprint density at radius 2 is 1.67 bits per heavy atom. The van der Waals surface area contributed by atoms with Crippen LogP contribution in [0.1, 0.15) is 26.7 Å². The summed E-state index contributed by atoms with van der Waals surface area (Å²) in [4.78, 5) is 2.48. The molecule has 0 heterocycles. The molecule has 0 spiro atoms. The number of hydrogen-bond acceptors (Lipinski definition) is 2. The molecule has 18 heavy (non-hydrogen) atoms. The van der Waals surface area contributed by atoms with Gasteiger partial charge < -0.3 is 10.2 Å². The van der Waals surface area contributed by atoms with Gasteiger partial charge in [-0.05, 0) is 44.1 Å². The second kappa shape index (κ2) is 8.63. The molecule has 0 aliphatic rings. The Morgan fingerprint density at radius 1 is 1.00 bits per heavy atom. The highest BCUT2D eigenvalue weighted by Gasteiger charge is 2.03. The number of halogens is 2. The van der Waals surface area contributed by atoms with Crippen LogP contribution in [-0.4, -0.2) is 31.1 Å². The summed E-state index contributed by atoms with van der Waals surface area (Å²) in [6, 6.07) is 5.65. The third kappa shape index (κ3) is 5.47. The minimum Gasteiger partial charge on any atom is -0.384 e. The number of nitrogens with one attached hydrogen (secondary N) is 1. The lowest BCUT2D eigenvalue weighted by molar-refractivity contribution is 0.285. The minimum atomic E-state index is 0.598. The van der Waals surface area contributed by atoms with Gasteiger partial charge in [0.1, 0.15) is 0 Å². The van der Waals surface area contributed by atoms with Gasteiger partial charge in [-0.1, -0.05) is 37.0 Å². The van der Waals surface area contributed by atoms with Gasteiger partial charge in [-0.25, -0.2) is 0 Å². The molecular weight excluding hydrogens is 267 g/mol. The van der Waals surface area contributed by atoms with Crippen molar-refractivity contribution in [1.29, 1.82) is 0 Å².